The molecule has 0 spiro atoms. The highest BCUT2D eigenvalue weighted by Gasteiger charge is 2.61. The second-order valence-electron chi connectivity index (χ2n) is 5.25. The lowest BCUT2D eigenvalue weighted by atomic mass is 9.87. The largest absolute Gasteiger partial charge is 0.291 e. The maximum atomic E-state index is 12.6. The van der Waals surface area contributed by atoms with E-state index in [-0.39, 0.29) is 21.7 Å². The Labute approximate surface area is 164 Å². The number of ketones is 1. The highest BCUT2D eigenvalue weighted by atomic mass is 35.5. The highest BCUT2D eigenvalue weighted by Crippen LogP contribution is 2.51. The molecule has 0 aromatic heterocycles. The topological polar surface area (TPSA) is 63.6 Å². The summed E-state index contributed by atoms with van der Waals surface area (Å²) in [7, 11) is -4.15. The normalized spacial score (nSPS) is 20.3. The molecule has 0 unspecified atom stereocenters. The minimum absolute atomic E-state index is 0.0595. The number of Topliss-reactive ketones (excluding diaryl/α,β-unsaturated/α-hetero) is 1. The van der Waals surface area contributed by atoms with Crippen LogP contribution in [0.2, 0.25) is 0 Å². The number of nitrogens with zero attached hydrogens (tertiary/aromatic N) is 1. The molecule has 4 nitrogen and oxygen atoms in total. The van der Waals surface area contributed by atoms with Crippen LogP contribution in [-0.4, -0.2) is 28.6 Å². The summed E-state index contributed by atoms with van der Waals surface area (Å²) in [4.78, 5) is 12.4. The summed E-state index contributed by atoms with van der Waals surface area (Å²) in [5, 5.41) is 0. The minimum atomic E-state index is -4.15. The number of hydrogen-bond acceptors (Lipinski definition) is 3. The molecule has 1 aliphatic rings. The first-order valence-corrected chi connectivity index (χ1v) is 9.84. The molecule has 0 N–H and O–H groups in total. The van der Waals surface area contributed by atoms with Crippen LogP contribution < -0.4 is 0 Å². The molecule has 0 heterocycles. The predicted molar refractivity (Wildman–Crippen MR) is 99.8 cm³/mol. The third-order valence-corrected chi connectivity index (χ3v) is 7.17. The summed E-state index contributed by atoms with van der Waals surface area (Å²) < 4.78 is 24.4. The van der Waals surface area contributed by atoms with Gasteiger partial charge in [-0.05, 0) is 12.1 Å². The molecule has 0 saturated heterocycles. The molecule has 1 aliphatic carbocycles. The van der Waals surface area contributed by atoms with Crippen molar-refractivity contribution in [3.8, 4) is 0 Å². The molecule has 0 atom stereocenters. The first-order chi connectivity index (χ1) is 11.6. The fourth-order valence-corrected chi connectivity index (χ4v) is 4.41. The zero-order chi connectivity index (χ0) is 18.5. The first kappa shape index (κ1) is 18.7. The van der Waals surface area contributed by atoms with Crippen LogP contribution in [0.4, 0.5) is 0 Å². The Kier molecular flexibility index (Phi) is 4.67. The van der Waals surface area contributed by atoms with Gasteiger partial charge in [0.1, 0.15) is 5.71 Å². The van der Waals surface area contributed by atoms with Crippen molar-refractivity contribution in [1.29, 1.82) is 0 Å². The van der Waals surface area contributed by atoms with E-state index in [0.29, 0.717) is 0 Å². The van der Waals surface area contributed by atoms with Gasteiger partial charge in [-0.25, -0.2) is 0 Å². The Morgan fingerprint density at radius 2 is 1.28 bits per heavy atom. The van der Waals surface area contributed by atoms with Gasteiger partial charge in [0.2, 0.25) is 14.4 Å². The molecule has 9 heteroatoms. The van der Waals surface area contributed by atoms with E-state index in [1.807, 2.05) is 0 Å². The van der Waals surface area contributed by atoms with E-state index in [1.54, 1.807) is 30.3 Å². The third-order valence-electron chi connectivity index (χ3n) is 3.66. The molecule has 0 saturated carbocycles. The first-order valence-electron chi connectivity index (χ1n) is 6.89. The fraction of sp³-hybridized carbons (Fsp3) is 0.125. The van der Waals surface area contributed by atoms with Gasteiger partial charge in [-0.1, -0.05) is 88.9 Å². The zero-order valence-electron chi connectivity index (χ0n) is 12.3. The van der Waals surface area contributed by atoms with Crippen LogP contribution in [0.1, 0.15) is 15.9 Å². The lowest BCUT2D eigenvalue weighted by Crippen LogP contribution is -2.53. The maximum Gasteiger partial charge on any atom is 0.282 e. The summed E-state index contributed by atoms with van der Waals surface area (Å²) in [6, 6.07) is 13.6. The quantitative estimate of drug-likeness (QED) is 0.655. The molecule has 0 bridgehead atoms. The van der Waals surface area contributed by atoms with E-state index < -0.39 is 24.5 Å². The Morgan fingerprint density at radius 1 is 0.760 bits per heavy atom. The van der Waals surface area contributed by atoms with Crippen molar-refractivity contribution in [3.63, 3.8) is 0 Å². The second kappa shape index (κ2) is 6.25. The second-order valence-corrected chi connectivity index (χ2v) is 9.51. The highest BCUT2D eigenvalue weighted by molar-refractivity contribution is 7.90. The number of alkyl halides is 4. The van der Waals surface area contributed by atoms with Crippen LogP contribution in [0.25, 0.3) is 0 Å². The number of benzene rings is 2. The van der Waals surface area contributed by atoms with Crippen molar-refractivity contribution < 1.29 is 13.2 Å². The molecule has 130 valence electrons. The van der Waals surface area contributed by atoms with Crippen molar-refractivity contribution in [2.24, 2.45) is 4.40 Å². The molecule has 0 amide bonds. The van der Waals surface area contributed by atoms with Crippen LogP contribution in [0.15, 0.2) is 63.9 Å². The smallest absolute Gasteiger partial charge is 0.282 e. The summed E-state index contributed by atoms with van der Waals surface area (Å²) in [5.74, 6) is -0.729. The Morgan fingerprint density at radius 3 is 1.88 bits per heavy atom. The minimum Gasteiger partial charge on any atom is -0.291 e. The van der Waals surface area contributed by atoms with Gasteiger partial charge in [0.05, 0.1) is 4.90 Å². The van der Waals surface area contributed by atoms with Gasteiger partial charge in [0.25, 0.3) is 10.0 Å². The standard InChI is InChI=1S/C16H9Cl4NO3S/c17-15(18)13(21-25(23,24)10-6-2-1-3-7-10)11-8-4-5-9-12(11)14(22)16(15,19)20/h1-9H/b21-13-. The Bertz CT molecular complexity index is 985. The number of halogens is 4. The van der Waals surface area contributed by atoms with Gasteiger partial charge in [-0.3, -0.25) is 4.79 Å². The molecular formula is C16H9Cl4NO3S. The van der Waals surface area contributed by atoms with Crippen molar-refractivity contribution in [3.05, 3.63) is 65.7 Å². The van der Waals surface area contributed by atoms with Gasteiger partial charge >= 0.3 is 0 Å². The maximum absolute atomic E-state index is 12.6. The van der Waals surface area contributed by atoms with E-state index in [0.717, 1.165) is 0 Å². The molecule has 0 fully saturated rings. The molecule has 0 radical (unpaired) electrons. The monoisotopic (exact) mass is 435 g/mol. The van der Waals surface area contributed by atoms with Crippen molar-refractivity contribution in [2.75, 3.05) is 0 Å². The number of carbonyl (C=O) groups excluding carboxylic acids is 1. The molecular weight excluding hydrogens is 428 g/mol. The predicted octanol–water partition coefficient (Wildman–Crippen LogP) is 4.41. The molecule has 2 aromatic rings. The van der Waals surface area contributed by atoms with E-state index in [2.05, 4.69) is 4.40 Å². The average molecular weight is 437 g/mol. The molecule has 3 rings (SSSR count). The van der Waals surface area contributed by atoms with Gasteiger partial charge in [0.15, 0.2) is 0 Å². The van der Waals surface area contributed by atoms with E-state index in [1.165, 1.54) is 24.3 Å². The van der Waals surface area contributed by atoms with E-state index in [9.17, 15) is 13.2 Å². The van der Waals surface area contributed by atoms with Gasteiger partial charge in [-0.2, -0.15) is 12.8 Å². The lowest BCUT2D eigenvalue weighted by Gasteiger charge is -2.37. The number of fused-ring (bicyclic) bond motifs is 1. The number of hydrogen-bond donors (Lipinski definition) is 0. The number of rotatable bonds is 2. The van der Waals surface area contributed by atoms with Crippen LogP contribution in [-0.2, 0) is 10.0 Å². The van der Waals surface area contributed by atoms with Crippen LogP contribution in [0, 0.1) is 0 Å². The Balaban J connectivity index is 2.30. The number of carbonyl (C=O) groups is 1. The van der Waals surface area contributed by atoms with Crippen molar-refractivity contribution in [1.82, 2.24) is 0 Å². The lowest BCUT2D eigenvalue weighted by molar-refractivity contribution is 0.0969. The number of sulfonamides is 1. The summed E-state index contributed by atoms with van der Waals surface area (Å²) in [6.45, 7) is 0. The molecule has 0 aliphatic heterocycles. The van der Waals surface area contributed by atoms with Crippen molar-refractivity contribution >= 4 is 67.9 Å². The Hall–Kier alpha value is -1.11. The summed E-state index contributed by atoms with van der Waals surface area (Å²) >= 11 is 24.6. The molecule has 25 heavy (non-hydrogen) atoms. The van der Waals surface area contributed by atoms with Crippen LogP contribution >= 0.6 is 46.4 Å². The average Bonchev–Trinajstić information content (AvgIpc) is 2.58. The fourth-order valence-electron chi connectivity index (χ4n) is 2.39. The SMILES string of the molecule is O=C1c2ccccc2/C(=N/S(=O)(=O)c2ccccc2)C(Cl)(Cl)C1(Cl)Cl. The summed E-state index contributed by atoms with van der Waals surface area (Å²) in [5.41, 5.74) is -0.0553. The van der Waals surface area contributed by atoms with Gasteiger partial charge < -0.3 is 0 Å². The zero-order valence-corrected chi connectivity index (χ0v) is 16.1. The van der Waals surface area contributed by atoms with Crippen LogP contribution in [0.5, 0.6) is 0 Å². The molecule has 2 aromatic carbocycles. The van der Waals surface area contributed by atoms with Gasteiger partial charge in [0, 0.05) is 11.1 Å². The van der Waals surface area contributed by atoms with Crippen molar-refractivity contribution in [2.45, 2.75) is 13.6 Å². The third kappa shape index (κ3) is 2.98. The van der Waals surface area contributed by atoms with E-state index >= 15 is 0 Å². The van der Waals surface area contributed by atoms with Crippen LogP contribution in [0.3, 0.4) is 0 Å². The van der Waals surface area contributed by atoms with E-state index in [4.69, 9.17) is 46.4 Å². The van der Waals surface area contributed by atoms with Gasteiger partial charge in [-0.15, -0.1) is 0 Å². The summed E-state index contributed by atoms with van der Waals surface area (Å²) in [6.07, 6.45) is 0.